The number of amides is 1. The van der Waals surface area contributed by atoms with Gasteiger partial charge in [-0.25, -0.2) is 4.79 Å². The standard InChI is InChI=1S/C27H42N2O5/c1-15(28)24(32)29(4)18-7-9-25(2)17(12-18)5-6-20-21(25)13-22(30)26(3)19(8-10-27(20,26)33)16-11-23(31)34-14-16/h11,15,17-22,30,33H,5-10,12-14,28H2,1-4H3/t15-,17-,18+,19-,20-,21+,22-,25+,26+,27+/m1/s1. The number of likely N-dealkylation sites (N-methyl/N-ethyl adjacent to an activating group) is 1. The largest absolute Gasteiger partial charge is 0.458 e. The molecule has 0 aromatic carbocycles. The van der Waals surface area contributed by atoms with Crippen molar-refractivity contribution in [1.29, 1.82) is 0 Å². The highest BCUT2D eigenvalue weighted by Crippen LogP contribution is 2.70. The van der Waals surface area contributed by atoms with E-state index >= 15 is 0 Å². The third-order valence-corrected chi connectivity index (χ3v) is 11.3. The number of fused-ring (bicyclic) bond motifs is 5. The van der Waals surface area contributed by atoms with Crippen LogP contribution in [0.2, 0.25) is 0 Å². The molecule has 0 unspecified atom stereocenters. The van der Waals surface area contributed by atoms with Crippen molar-refractivity contribution in [2.75, 3.05) is 13.7 Å². The Morgan fingerprint density at radius 3 is 2.56 bits per heavy atom. The summed E-state index contributed by atoms with van der Waals surface area (Å²) in [6, 6.07) is -0.279. The first-order valence-corrected chi connectivity index (χ1v) is 13.2. The number of nitrogens with two attached hydrogens (primary N) is 1. The summed E-state index contributed by atoms with van der Waals surface area (Å²) in [6.07, 6.45) is 7.97. The number of carbonyl (C=O) groups is 2. The topological polar surface area (TPSA) is 113 Å². The van der Waals surface area contributed by atoms with Crippen molar-refractivity contribution >= 4 is 11.9 Å². The fourth-order valence-electron chi connectivity index (χ4n) is 9.22. The molecule has 0 spiro atoms. The van der Waals surface area contributed by atoms with E-state index in [-0.39, 0.29) is 47.7 Å². The number of hydrogen-bond acceptors (Lipinski definition) is 6. The maximum atomic E-state index is 12.5. The predicted molar refractivity (Wildman–Crippen MR) is 127 cm³/mol. The van der Waals surface area contributed by atoms with Crippen LogP contribution in [-0.2, 0) is 14.3 Å². The molecule has 10 atom stereocenters. The number of rotatable bonds is 3. The zero-order chi connectivity index (χ0) is 24.6. The van der Waals surface area contributed by atoms with Crippen LogP contribution in [-0.4, -0.2) is 64.4 Å². The van der Waals surface area contributed by atoms with E-state index < -0.39 is 23.2 Å². The summed E-state index contributed by atoms with van der Waals surface area (Å²) in [6.45, 7) is 6.45. The molecule has 1 aliphatic heterocycles. The molecule has 1 heterocycles. The van der Waals surface area contributed by atoms with Gasteiger partial charge in [0.2, 0.25) is 5.91 Å². The molecule has 7 nitrogen and oxygen atoms in total. The summed E-state index contributed by atoms with van der Waals surface area (Å²) < 4.78 is 5.19. The first-order valence-electron chi connectivity index (χ1n) is 13.2. The molecule has 5 aliphatic rings. The van der Waals surface area contributed by atoms with Gasteiger partial charge in [0.1, 0.15) is 6.61 Å². The van der Waals surface area contributed by atoms with Crippen LogP contribution in [0.5, 0.6) is 0 Å². The van der Waals surface area contributed by atoms with Crippen molar-refractivity contribution in [2.24, 2.45) is 40.2 Å². The van der Waals surface area contributed by atoms with Gasteiger partial charge in [-0.15, -0.1) is 0 Å². The van der Waals surface area contributed by atoms with Gasteiger partial charge in [0, 0.05) is 24.6 Å². The maximum Gasteiger partial charge on any atom is 0.331 e. The Balaban J connectivity index is 1.40. The van der Waals surface area contributed by atoms with E-state index in [9.17, 15) is 19.8 Å². The highest BCUT2D eigenvalue weighted by Gasteiger charge is 2.70. The summed E-state index contributed by atoms with van der Waals surface area (Å²) in [7, 11) is 1.88. The first kappa shape index (κ1) is 24.3. The van der Waals surface area contributed by atoms with Gasteiger partial charge in [-0.2, -0.15) is 0 Å². The summed E-state index contributed by atoms with van der Waals surface area (Å²) in [5.41, 5.74) is 5.23. The van der Waals surface area contributed by atoms with Crippen molar-refractivity contribution in [1.82, 2.24) is 4.90 Å². The number of nitrogens with zero attached hydrogens (tertiary/aromatic N) is 1. The summed E-state index contributed by atoms with van der Waals surface area (Å²) in [4.78, 5) is 26.1. The second-order valence-corrected chi connectivity index (χ2v) is 12.5. The van der Waals surface area contributed by atoms with Crippen LogP contribution in [0.3, 0.4) is 0 Å². The SMILES string of the molecule is C[C@@H](N)C(=O)N(C)[C@H]1CC[C@@]2(C)[C@H](CC[C@@H]3[C@@H]2C[C@@H](O)[C@]2(C)[C@@H](C4=CC(=O)OC4)CC[C@]32O)C1. The second-order valence-electron chi connectivity index (χ2n) is 12.5. The minimum absolute atomic E-state index is 0.00105. The first-order chi connectivity index (χ1) is 15.9. The number of esters is 1. The van der Waals surface area contributed by atoms with Gasteiger partial charge in [-0.05, 0) is 93.0 Å². The van der Waals surface area contributed by atoms with Crippen molar-refractivity contribution in [2.45, 2.75) is 95.9 Å². The molecule has 0 aromatic heterocycles. The van der Waals surface area contributed by atoms with Gasteiger partial charge in [0.05, 0.1) is 17.7 Å². The highest BCUT2D eigenvalue weighted by atomic mass is 16.5. The molecule has 0 radical (unpaired) electrons. The number of ether oxygens (including phenoxy) is 1. The average Bonchev–Trinajstić information content (AvgIpc) is 3.34. The van der Waals surface area contributed by atoms with Crippen LogP contribution in [0.1, 0.15) is 72.1 Å². The lowest BCUT2D eigenvalue weighted by Crippen LogP contribution is -2.67. The van der Waals surface area contributed by atoms with Crippen LogP contribution < -0.4 is 5.73 Å². The van der Waals surface area contributed by atoms with Crippen LogP contribution >= 0.6 is 0 Å². The monoisotopic (exact) mass is 474 g/mol. The van der Waals surface area contributed by atoms with Crippen LogP contribution in [0, 0.1) is 34.5 Å². The Kier molecular flexibility index (Phi) is 5.74. The Morgan fingerprint density at radius 2 is 1.91 bits per heavy atom. The fourth-order valence-corrected chi connectivity index (χ4v) is 9.22. The van der Waals surface area contributed by atoms with Crippen LogP contribution in [0.15, 0.2) is 11.6 Å². The number of aliphatic hydroxyl groups is 2. The Bertz CT molecular complexity index is 903. The number of cyclic esters (lactones) is 1. The highest BCUT2D eigenvalue weighted by molar-refractivity contribution is 5.85. The van der Waals surface area contributed by atoms with E-state index in [0.717, 1.165) is 44.1 Å². The molecular weight excluding hydrogens is 432 g/mol. The Morgan fingerprint density at radius 1 is 1.18 bits per heavy atom. The molecule has 5 rings (SSSR count). The average molecular weight is 475 g/mol. The molecule has 1 amide bonds. The van der Waals surface area contributed by atoms with Crippen molar-refractivity contribution < 1.29 is 24.5 Å². The molecule has 0 bridgehead atoms. The molecule has 0 aromatic rings. The lowest BCUT2D eigenvalue weighted by Gasteiger charge is -2.65. The Hall–Kier alpha value is -1.44. The third kappa shape index (κ3) is 3.19. The molecule has 4 saturated carbocycles. The number of aliphatic hydroxyl groups excluding tert-OH is 1. The number of hydrogen-bond donors (Lipinski definition) is 3. The van der Waals surface area contributed by atoms with E-state index in [1.165, 1.54) is 0 Å². The molecule has 7 heteroatoms. The molecule has 0 saturated heterocycles. The molecule has 34 heavy (non-hydrogen) atoms. The van der Waals surface area contributed by atoms with Gasteiger partial charge < -0.3 is 25.6 Å². The van der Waals surface area contributed by atoms with E-state index in [2.05, 4.69) is 13.8 Å². The quantitative estimate of drug-likeness (QED) is 0.542. The minimum Gasteiger partial charge on any atom is -0.458 e. The fraction of sp³-hybridized carbons (Fsp3) is 0.852. The lowest BCUT2D eigenvalue weighted by molar-refractivity contribution is -0.243. The minimum atomic E-state index is -0.945. The normalized spacial score (nSPS) is 48.8. The van der Waals surface area contributed by atoms with E-state index in [1.54, 1.807) is 13.0 Å². The molecular formula is C27H42N2O5. The van der Waals surface area contributed by atoms with Crippen molar-refractivity contribution in [3.8, 4) is 0 Å². The third-order valence-electron chi connectivity index (χ3n) is 11.3. The molecule has 4 N–H and O–H groups in total. The van der Waals surface area contributed by atoms with Gasteiger partial charge in [-0.3, -0.25) is 4.79 Å². The summed E-state index contributed by atoms with van der Waals surface area (Å²) >= 11 is 0. The van der Waals surface area contributed by atoms with Gasteiger partial charge in [0.25, 0.3) is 0 Å². The van der Waals surface area contributed by atoms with E-state index in [1.807, 2.05) is 11.9 Å². The lowest BCUT2D eigenvalue weighted by atomic mass is 9.42. The predicted octanol–water partition coefficient (Wildman–Crippen LogP) is 2.39. The summed E-state index contributed by atoms with van der Waals surface area (Å²) in [5.74, 6) is 0.529. The maximum absolute atomic E-state index is 12.5. The van der Waals surface area contributed by atoms with Crippen molar-refractivity contribution in [3.63, 3.8) is 0 Å². The Labute approximate surface area is 203 Å². The molecule has 4 aliphatic carbocycles. The van der Waals surface area contributed by atoms with E-state index in [4.69, 9.17) is 10.5 Å². The van der Waals surface area contributed by atoms with Crippen LogP contribution in [0.4, 0.5) is 0 Å². The smallest absolute Gasteiger partial charge is 0.331 e. The second kappa shape index (κ2) is 8.04. The van der Waals surface area contributed by atoms with E-state index in [0.29, 0.717) is 18.8 Å². The van der Waals surface area contributed by atoms with Gasteiger partial charge in [0.15, 0.2) is 0 Å². The molecule has 190 valence electrons. The molecule has 4 fully saturated rings. The van der Waals surface area contributed by atoms with Crippen molar-refractivity contribution in [3.05, 3.63) is 11.6 Å². The van der Waals surface area contributed by atoms with Gasteiger partial charge >= 0.3 is 5.97 Å². The zero-order valence-corrected chi connectivity index (χ0v) is 21.1. The number of carbonyl (C=O) groups excluding carboxylic acids is 2. The van der Waals surface area contributed by atoms with Gasteiger partial charge in [-0.1, -0.05) is 13.8 Å². The summed E-state index contributed by atoms with van der Waals surface area (Å²) in [5, 5.41) is 24.0. The zero-order valence-electron chi connectivity index (χ0n) is 21.1. The van der Waals surface area contributed by atoms with Crippen LogP contribution in [0.25, 0.3) is 0 Å².